The van der Waals surface area contributed by atoms with E-state index in [0.717, 1.165) is 0 Å². The molecular formula is C29H27ClFN3O4. The highest BCUT2D eigenvalue weighted by Crippen LogP contribution is 2.50. The third-order valence-corrected chi connectivity index (χ3v) is 7.45. The van der Waals surface area contributed by atoms with Crippen LogP contribution in [0, 0.1) is 17.1 Å². The number of ether oxygens (including phenoxy) is 1. The summed E-state index contributed by atoms with van der Waals surface area (Å²) in [6.07, 6.45) is 1.80. The Morgan fingerprint density at radius 1 is 1.24 bits per heavy atom. The van der Waals surface area contributed by atoms with Gasteiger partial charge < -0.3 is 14.9 Å². The van der Waals surface area contributed by atoms with Crippen LogP contribution in [0.3, 0.4) is 0 Å². The number of rotatable bonds is 6. The second-order valence-electron chi connectivity index (χ2n) is 10.3. The summed E-state index contributed by atoms with van der Waals surface area (Å²) in [5, 5.41) is 30.5. The van der Waals surface area contributed by atoms with E-state index in [4.69, 9.17) is 21.6 Å². The van der Waals surface area contributed by atoms with Crippen molar-refractivity contribution < 1.29 is 24.1 Å². The number of carbonyl (C=O) groups is 1. The molecule has 0 bridgehead atoms. The number of aromatic nitrogens is 1. The molecule has 2 heterocycles. The van der Waals surface area contributed by atoms with Crippen molar-refractivity contribution >= 4 is 17.5 Å². The Morgan fingerprint density at radius 2 is 1.97 bits per heavy atom. The van der Waals surface area contributed by atoms with Gasteiger partial charge in [0.15, 0.2) is 0 Å². The first kappa shape index (κ1) is 26.3. The number of amides is 1. The lowest BCUT2D eigenvalue weighted by molar-refractivity contribution is -0.149. The third-order valence-electron chi connectivity index (χ3n) is 7.19. The van der Waals surface area contributed by atoms with Gasteiger partial charge in [-0.15, -0.1) is 0 Å². The van der Waals surface area contributed by atoms with Crippen LogP contribution in [0.4, 0.5) is 4.39 Å². The topological polar surface area (TPSA) is 107 Å². The Labute approximate surface area is 225 Å². The highest BCUT2D eigenvalue weighted by molar-refractivity contribution is 6.30. The van der Waals surface area contributed by atoms with E-state index in [9.17, 15) is 15.0 Å². The lowest BCUT2D eigenvalue weighted by Gasteiger charge is -2.41. The molecular weight excluding hydrogens is 509 g/mol. The first-order valence-electron chi connectivity index (χ1n) is 12.4. The number of nitrogens with zero attached hydrogens (tertiary/aromatic N) is 3. The summed E-state index contributed by atoms with van der Waals surface area (Å²) >= 11 is 6.19. The highest BCUT2D eigenvalue weighted by atomic mass is 35.5. The van der Waals surface area contributed by atoms with Crippen LogP contribution in [-0.4, -0.2) is 38.2 Å². The molecule has 0 spiro atoms. The van der Waals surface area contributed by atoms with E-state index in [0.29, 0.717) is 41.1 Å². The third kappa shape index (κ3) is 4.56. The average molecular weight is 536 g/mol. The zero-order valence-corrected chi connectivity index (χ0v) is 21.7. The van der Waals surface area contributed by atoms with Gasteiger partial charge in [-0.25, -0.2) is 4.39 Å². The smallest absolute Gasteiger partial charge is 0.257 e. The Bertz CT molecular complexity index is 1420. The van der Waals surface area contributed by atoms with Crippen LogP contribution in [0.1, 0.15) is 71.4 Å². The first-order chi connectivity index (χ1) is 18.0. The number of aliphatic hydroxyl groups excluding tert-OH is 1. The Balaban J connectivity index is 1.75. The van der Waals surface area contributed by atoms with Crippen molar-refractivity contribution in [3.63, 3.8) is 0 Å². The molecule has 2 unspecified atom stereocenters. The van der Waals surface area contributed by atoms with E-state index in [1.807, 2.05) is 6.07 Å². The Hall–Kier alpha value is -3.35. The van der Waals surface area contributed by atoms with Crippen molar-refractivity contribution in [2.75, 3.05) is 0 Å². The van der Waals surface area contributed by atoms with Gasteiger partial charge in [-0.05, 0) is 75.1 Å². The zero-order chi connectivity index (χ0) is 27.2. The molecule has 7 nitrogen and oxygen atoms in total. The van der Waals surface area contributed by atoms with Gasteiger partial charge >= 0.3 is 0 Å². The fraction of sp³-hybridized carbons (Fsp3) is 0.345. The van der Waals surface area contributed by atoms with Gasteiger partial charge in [-0.1, -0.05) is 23.7 Å². The number of carbonyl (C=O) groups excluding carboxylic acids is 1. The van der Waals surface area contributed by atoms with Crippen LogP contribution in [0.2, 0.25) is 5.02 Å². The average Bonchev–Trinajstić information content (AvgIpc) is 3.39. The van der Waals surface area contributed by atoms with Crippen molar-refractivity contribution in [2.24, 2.45) is 0 Å². The van der Waals surface area contributed by atoms with Gasteiger partial charge in [0.05, 0.1) is 46.7 Å². The lowest BCUT2D eigenvalue weighted by Crippen LogP contribution is -2.48. The molecule has 0 saturated heterocycles. The van der Waals surface area contributed by atoms with Crippen LogP contribution >= 0.6 is 11.6 Å². The number of benzene rings is 2. The molecule has 1 fully saturated rings. The quantitative estimate of drug-likeness (QED) is 0.471. The molecule has 2 aliphatic rings. The molecule has 9 heteroatoms. The maximum absolute atomic E-state index is 16.2. The van der Waals surface area contributed by atoms with Gasteiger partial charge in [0.2, 0.25) is 5.72 Å². The number of nitriles is 1. The summed E-state index contributed by atoms with van der Waals surface area (Å²) in [7, 11) is 0. The SMILES string of the molecule is CC(C)(O)c1cc(F)c2c(c1)C(=O)N(Cc1ccc(C#N)cn1)[C@@]2(OC1CCC(O)C1)c1ccc(Cl)cc1. The summed E-state index contributed by atoms with van der Waals surface area (Å²) in [5.74, 6) is -1.19. The molecule has 1 saturated carbocycles. The summed E-state index contributed by atoms with van der Waals surface area (Å²) in [4.78, 5) is 19.9. The second kappa shape index (κ2) is 9.75. The van der Waals surface area contributed by atoms with Crippen LogP contribution in [0.25, 0.3) is 0 Å². The van der Waals surface area contributed by atoms with E-state index in [2.05, 4.69) is 4.98 Å². The zero-order valence-electron chi connectivity index (χ0n) is 21.0. The number of halogens is 2. The largest absolute Gasteiger partial charge is 0.393 e. The molecule has 1 aliphatic heterocycles. The lowest BCUT2D eigenvalue weighted by atomic mass is 9.88. The van der Waals surface area contributed by atoms with Crippen molar-refractivity contribution in [3.05, 3.63) is 99.1 Å². The molecule has 5 rings (SSSR count). The van der Waals surface area contributed by atoms with E-state index in [1.54, 1.807) is 36.4 Å². The molecule has 3 atom stereocenters. The number of fused-ring (bicyclic) bond motifs is 1. The normalized spacial score (nSPS) is 23.0. The van der Waals surface area contributed by atoms with Gasteiger partial charge in [-0.2, -0.15) is 5.26 Å². The number of hydrogen-bond acceptors (Lipinski definition) is 6. The van der Waals surface area contributed by atoms with E-state index >= 15 is 4.39 Å². The molecule has 0 radical (unpaired) electrons. The minimum atomic E-state index is -1.69. The highest BCUT2D eigenvalue weighted by Gasteiger charge is 2.56. The summed E-state index contributed by atoms with van der Waals surface area (Å²) in [6, 6.07) is 14.7. The van der Waals surface area contributed by atoms with Gasteiger partial charge in [0.1, 0.15) is 11.9 Å². The number of hydrogen-bond donors (Lipinski definition) is 2. The molecule has 1 aromatic heterocycles. The Morgan fingerprint density at radius 3 is 2.55 bits per heavy atom. The van der Waals surface area contributed by atoms with Crippen LogP contribution in [0.15, 0.2) is 54.7 Å². The molecule has 1 aliphatic carbocycles. The van der Waals surface area contributed by atoms with Gasteiger partial charge in [0, 0.05) is 16.8 Å². The molecule has 1 amide bonds. The standard InChI is InChI=1S/C29H27ClFN3O4/c1-28(2,37)19-11-24-26(25(31)12-19)29(18-4-6-20(30)7-5-18,38-23-10-9-22(35)13-23)34(27(24)36)16-21-8-3-17(14-32)15-33-21/h3-8,11-12,15,22-23,35,37H,9-10,13,16H2,1-2H3/t22?,23?,29-/m1/s1. The van der Waals surface area contributed by atoms with Crippen LogP contribution in [-0.2, 0) is 22.6 Å². The van der Waals surface area contributed by atoms with Crippen LogP contribution in [0.5, 0.6) is 0 Å². The fourth-order valence-corrected chi connectivity index (χ4v) is 5.38. The van der Waals surface area contributed by atoms with Crippen molar-refractivity contribution in [1.82, 2.24) is 9.88 Å². The fourth-order valence-electron chi connectivity index (χ4n) is 5.26. The monoisotopic (exact) mass is 535 g/mol. The number of aliphatic hydroxyl groups is 2. The van der Waals surface area contributed by atoms with E-state index in [1.165, 1.54) is 37.1 Å². The predicted octanol–water partition coefficient (Wildman–Crippen LogP) is 4.76. The molecule has 3 aromatic rings. The minimum Gasteiger partial charge on any atom is -0.393 e. The summed E-state index contributed by atoms with van der Waals surface area (Å²) in [6.45, 7) is 3.00. The van der Waals surface area contributed by atoms with Gasteiger partial charge in [0.25, 0.3) is 5.91 Å². The summed E-state index contributed by atoms with van der Waals surface area (Å²) < 4.78 is 22.9. The second-order valence-corrected chi connectivity index (χ2v) is 10.8. The molecule has 2 aromatic carbocycles. The molecule has 2 N–H and O–H groups in total. The maximum Gasteiger partial charge on any atom is 0.257 e. The molecule has 196 valence electrons. The van der Waals surface area contributed by atoms with E-state index < -0.39 is 35.3 Å². The Kier molecular flexibility index (Phi) is 6.74. The minimum absolute atomic E-state index is 0.0351. The van der Waals surface area contributed by atoms with Crippen molar-refractivity contribution in [3.8, 4) is 6.07 Å². The maximum atomic E-state index is 16.2. The van der Waals surface area contributed by atoms with Gasteiger partial charge in [-0.3, -0.25) is 14.7 Å². The number of pyridine rings is 1. The van der Waals surface area contributed by atoms with E-state index in [-0.39, 0.29) is 23.2 Å². The first-order valence-corrected chi connectivity index (χ1v) is 12.8. The van der Waals surface area contributed by atoms with Crippen LogP contribution < -0.4 is 0 Å². The molecule has 38 heavy (non-hydrogen) atoms. The summed E-state index contributed by atoms with van der Waals surface area (Å²) in [5.41, 5.74) is -1.40. The van der Waals surface area contributed by atoms with Crippen molar-refractivity contribution in [1.29, 1.82) is 5.26 Å². The predicted molar refractivity (Wildman–Crippen MR) is 137 cm³/mol. The van der Waals surface area contributed by atoms with Crippen molar-refractivity contribution in [2.45, 2.75) is 63.2 Å².